The largest absolute Gasteiger partial charge is 0.497 e. The Labute approximate surface area is 163 Å². The molecular formula is C20H22N6O2. The van der Waals surface area contributed by atoms with Crippen molar-refractivity contribution < 1.29 is 9.53 Å². The van der Waals surface area contributed by atoms with Gasteiger partial charge in [0.15, 0.2) is 0 Å². The number of nitrogens with two attached hydrogens (primary N) is 1. The summed E-state index contributed by atoms with van der Waals surface area (Å²) in [6.45, 7) is 1.19. The van der Waals surface area contributed by atoms with E-state index in [-0.39, 0.29) is 0 Å². The van der Waals surface area contributed by atoms with Crippen LogP contribution in [0.25, 0.3) is 0 Å². The second kappa shape index (κ2) is 9.22. The number of amides is 1. The molecule has 2 aromatic carbocycles. The number of benzene rings is 2. The van der Waals surface area contributed by atoms with E-state index in [0.717, 1.165) is 11.4 Å². The first kappa shape index (κ1) is 19.0. The third kappa shape index (κ3) is 5.10. The average molecular weight is 378 g/mol. The van der Waals surface area contributed by atoms with Crippen LogP contribution in [0.1, 0.15) is 10.4 Å². The lowest BCUT2D eigenvalue weighted by Gasteiger charge is -2.11. The molecule has 0 fully saturated rings. The number of carbonyl (C=O) groups is 1. The summed E-state index contributed by atoms with van der Waals surface area (Å²) in [5.41, 5.74) is 7.41. The average Bonchev–Trinajstić information content (AvgIpc) is 2.72. The Balaban J connectivity index is 1.49. The van der Waals surface area contributed by atoms with Crippen molar-refractivity contribution in [1.29, 1.82) is 0 Å². The minimum absolute atomic E-state index is 0.457. The molecule has 0 unspecified atom stereocenters. The highest BCUT2D eigenvalue weighted by molar-refractivity contribution is 5.98. The van der Waals surface area contributed by atoms with Gasteiger partial charge in [-0.25, -0.2) is 9.97 Å². The van der Waals surface area contributed by atoms with Crippen molar-refractivity contribution in [2.45, 2.75) is 0 Å². The molecule has 5 N–H and O–H groups in total. The molecule has 0 saturated carbocycles. The summed E-state index contributed by atoms with van der Waals surface area (Å²) in [6.07, 6.45) is 3.30. The summed E-state index contributed by atoms with van der Waals surface area (Å²) in [5.74, 6) is 1.59. The number of aromatic nitrogens is 2. The van der Waals surface area contributed by atoms with Gasteiger partial charge in [0.25, 0.3) is 5.91 Å². The van der Waals surface area contributed by atoms with Crippen molar-refractivity contribution in [3.8, 4) is 5.75 Å². The first-order chi connectivity index (χ1) is 13.7. The molecule has 0 spiro atoms. The van der Waals surface area contributed by atoms with Crippen molar-refractivity contribution in [2.75, 3.05) is 36.1 Å². The standard InChI is InChI=1S/C20H22N6O2/c1-28-15-6-4-5-14(11-15)26-19-13-24-18(12-25-19)23-10-9-22-17-8-3-2-7-16(17)20(21)27/h2-8,11-13,22H,9-10H2,1H3,(H2,21,27)(H,23,24)(H,25,26). The monoisotopic (exact) mass is 378 g/mol. The van der Waals surface area contributed by atoms with Gasteiger partial charge in [0, 0.05) is 30.5 Å². The lowest BCUT2D eigenvalue weighted by molar-refractivity contribution is 0.100. The molecule has 0 saturated heterocycles. The van der Waals surface area contributed by atoms with Crippen molar-refractivity contribution in [2.24, 2.45) is 5.73 Å². The van der Waals surface area contributed by atoms with Gasteiger partial charge in [-0.15, -0.1) is 0 Å². The van der Waals surface area contributed by atoms with E-state index in [4.69, 9.17) is 10.5 Å². The van der Waals surface area contributed by atoms with E-state index < -0.39 is 5.91 Å². The molecule has 0 aliphatic heterocycles. The summed E-state index contributed by atoms with van der Waals surface area (Å²) < 4.78 is 5.20. The molecule has 0 aliphatic carbocycles. The molecular weight excluding hydrogens is 356 g/mol. The van der Waals surface area contributed by atoms with Crippen molar-refractivity contribution in [3.05, 3.63) is 66.5 Å². The minimum Gasteiger partial charge on any atom is -0.497 e. The molecule has 1 aromatic heterocycles. The molecule has 1 heterocycles. The SMILES string of the molecule is COc1cccc(Nc2cnc(NCCNc3ccccc3C(N)=O)cn2)c1. The highest BCUT2D eigenvalue weighted by Gasteiger charge is 2.06. The van der Waals surface area contributed by atoms with E-state index in [0.29, 0.717) is 36.0 Å². The topological polar surface area (TPSA) is 114 Å². The normalized spacial score (nSPS) is 10.2. The fourth-order valence-electron chi connectivity index (χ4n) is 2.57. The number of carbonyl (C=O) groups excluding carboxylic acids is 1. The van der Waals surface area contributed by atoms with Crippen LogP contribution in [0.4, 0.5) is 23.0 Å². The second-order valence-corrected chi connectivity index (χ2v) is 5.91. The third-order valence-corrected chi connectivity index (χ3v) is 3.93. The predicted octanol–water partition coefficient (Wildman–Crippen LogP) is 2.85. The number of rotatable bonds is 9. The van der Waals surface area contributed by atoms with Crippen LogP contribution in [0.15, 0.2) is 60.9 Å². The zero-order valence-corrected chi connectivity index (χ0v) is 15.5. The maximum Gasteiger partial charge on any atom is 0.250 e. The molecule has 0 radical (unpaired) electrons. The van der Waals surface area contributed by atoms with E-state index in [1.807, 2.05) is 36.4 Å². The van der Waals surface area contributed by atoms with Crippen LogP contribution in [0.5, 0.6) is 5.75 Å². The Morgan fingerprint density at radius 3 is 2.50 bits per heavy atom. The van der Waals surface area contributed by atoms with Gasteiger partial charge in [0.1, 0.15) is 17.4 Å². The summed E-state index contributed by atoms with van der Waals surface area (Å²) in [7, 11) is 1.63. The van der Waals surface area contributed by atoms with Crippen LogP contribution in [-0.2, 0) is 0 Å². The highest BCUT2D eigenvalue weighted by atomic mass is 16.5. The Kier molecular flexibility index (Phi) is 6.25. The fraction of sp³-hybridized carbons (Fsp3) is 0.150. The molecule has 0 aliphatic rings. The number of ether oxygens (including phenoxy) is 1. The quantitative estimate of drug-likeness (QED) is 0.423. The van der Waals surface area contributed by atoms with Gasteiger partial charge >= 0.3 is 0 Å². The Morgan fingerprint density at radius 2 is 1.75 bits per heavy atom. The zero-order valence-electron chi connectivity index (χ0n) is 15.5. The number of primary amides is 1. The van der Waals surface area contributed by atoms with Crippen LogP contribution >= 0.6 is 0 Å². The van der Waals surface area contributed by atoms with E-state index in [2.05, 4.69) is 25.9 Å². The van der Waals surface area contributed by atoms with Crippen LogP contribution in [0.3, 0.4) is 0 Å². The van der Waals surface area contributed by atoms with Gasteiger partial charge in [-0.1, -0.05) is 18.2 Å². The molecule has 8 heteroatoms. The van der Waals surface area contributed by atoms with Crippen LogP contribution in [0.2, 0.25) is 0 Å². The Hall–Kier alpha value is -3.81. The van der Waals surface area contributed by atoms with Gasteiger partial charge in [0.05, 0.1) is 25.1 Å². The van der Waals surface area contributed by atoms with E-state index in [1.165, 1.54) is 0 Å². The van der Waals surface area contributed by atoms with Gasteiger partial charge in [-0.2, -0.15) is 0 Å². The number of para-hydroxylation sites is 1. The number of nitrogens with zero attached hydrogens (tertiary/aromatic N) is 2. The Morgan fingerprint density at radius 1 is 1.00 bits per heavy atom. The third-order valence-electron chi connectivity index (χ3n) is 3.93. The number of hydrogen-bond acceptors (Lipinski definition) is 7. The maximum atomic E-state index is 11.4. The number of nitrogens with one attached hydrogen (secondary N) is 3. The molecule has 28 heavy (non-hydrogen) atoms. The predicted molar refractivity (Wildman–Crippen MR) is 110 cm³/mol. The number of anilines is 4. The second-order valence-electron chi connectivity index (χ2n) is 5.91. The van der Waals surface area contributed by atoms with Crippen LogP contribution < -0.4 is 26.4 Å². The van der Waals surface area contributed by atoms with Crippen LogP contribution in [0, 0.1) is 0 Å². The lowest BCUT2D eigenvalue weighted by Crippen LogP contribution is -2.18. The summed E-state index contributed by atoms with van der Waals surface area (Å²) in [4.78, 5) is 20.1. The Bertz CT molecular complexity index is 930. The number of hydrogen-bond donors (Lipinski definition) is 4. The maximum absolute atomic E-state index is 11.4. The lowest BCUT2D eigenvalue weighted by atomic mass is 10.1. The number of methoxy groups -OCH3 is 1. The molecule has 3 aromatic rings. The minimum atomic E-state index is -0.457. The van der Waals surface area contributed by atoms with Crippen molar-refractivity contribution in [3.63, 3.8) is 0 Å². The molecule has 0 bridgehead atoms. The summed E-state index contributed by atoms with van der Waals surface area (Å²) >= 11 is 0. The molecule has 8 nitrogen and oxygen atoms in total. The van der Waals surface area contributed by atoms with Gasteiger partial charge in [-0.3, -0.25) is 4.79 Å². The van der Waals surface area contributed by atoms with Gasteiger partial charge < -0.3 is 26.4 Å². The first-order valence-corrected chi connectivity index (χ1v) is 8.75. The van der Waals surface area contributed by atoms with Gasteiger partial charge in [0.2, 0.25) is 0 Å². The van der Waals surface area contributed by atoms with E-state index in [9.17, 15) is 4.79 Å². The summed E-state index contributed by atoms with van der Waals surface area (Å²) in [5, 5.41) is 9.53. The van der Waals surface area contributed by atoms with E-state index >= 15 is 0 Å². The molecule has 1 amide bonds. The van der Waals surface area contributed by atoms with Crippen molar-refractivity contribution >= 4 is 28.9 Å². The molecule has 3 rings (SSSR count). The molecule has 144 valence electrons. The van der Waals surface area contributed by atoms with Gasteiger partial charge in [-0.05, 0) is 24.3 Å². The fourth-order valence-corrected chi connectivity index (χ4v) is 2.57. The highest BCUT2D eigenvalue weighted by Crippen LogP contribution is 2.20. The summed E-state index contributed by atoms with van der Waals surface area (Å²) in [6, 6.07) is 14.7. The molecule has 0 atom stereocenters. The van der Waals surface area contributed by atoms with E-state index in [1.54, 1.807) is 31.6 Å². The van der Waals surface area contributed by atoms with Crippen molar-refractivity contribution in [1.82, 2.24) is 9.97 Å². The zero-order chi connectivity index (χ0) is 19.8. The van der Waals surface area contributed by atoms with Crippen LogP contribution in [-0.4, -0.2) is 36.1 Å². The first-order valence-electron chi connectivity index (χ1n) is 8.75. The smallest absolute Gasteiger partial charge is 0.250 e.